The van der Waals surface area contributed by atoms with Gasteiger partial charge < -0.3 is 5.32 Å². The Morgan fingerprint density at radius 2 is 2.33 bits per heavy atom. The number of nitrogens with one attached hydrogen (secondary N) is 1. The fourth-order valence-corrected chi connectivity index (χ4v) is 1.38. The minimum Gasteiger partial charge on any atom is -0.309 e. The monoisotopic (exact) mass is 207 g/mol. The summed E-state index contributed by atoms with van der Waals surface area (Å²) in [5, 5.41) is 7.69. The van der Waals surface area contributed by atoms with Crippen molar-refractivity contribution >= 4 is 0 Å². The Balaban J connectivity index is 2.30. The van der Waals surface area contributed by atoms with Gasteiger partial charge in [-0.25, -0.2) is 0 Å². The second-order valence-corrected chi connectivity index (χ2v) is 4.33. The molecule has 0 aromatic carbocycles. The van der Waals surface area contributed by atoms with Crippen molar-refractivity contribution in [2.75, 3.05) is 6.54 Å². The van der Waals surface area contributed by atoms with Crippen LogP contribution in [0.25, 0.3) is 0 Å². The molecule has 0 spiro atoms. The Morgan fingerprint density at radius 3 is 2.87 bits per heavy atom. The maximum atomic E-state index is 4.26. The van der Waals surface area contributed by atoms with Crippen molar-refractivity contribution in [2.45, 2.75) is 40.3 Å². The van der Waals surface area contributed by atoms with Crippen LogP contribution in [-0.2, 0) is 6.54 Å². The molecule has 1 aromatic heterocycles. The standard InChI is InChI=1S/C12H21N3/c1-10(2)5-6-13-12(4)9-15-8-11(3)7-14-15/h5,7-8,12-13H,6,9H2,1-4H3/t12-/m1/s1. The van der Waals surface area contributed by atoms with Gasteiger partial charge in [0.15, 0.2) is 0 Å². The molecular weight excluding hydrogens is 186 g/mol. The first-order valence-corrected chi connectivity index (χ1v) is 5.43. The van der Waals surface area contributed by atoms with E-state index in [1.165, 1.54) is 11.1 Å². The zero-order chi connectivity index (χ0) is 11.3. The van der Waals surface area contributed by atoms with E-state index in [1.54, 1.807) is 0 Å². The molecule has 1 N–H and O–H groups in total. The van der Waals surface area contributed by atoms with E-state index in [9.17, 15) is 0 Å². The Bertz CT molecular complexity index is 321. The number of nitrogens with zero attached hydrogens (tertiary/aromatic N) is 2. The lowest BCUT2D eigenvalue weighted by atomic mass is 10.3. The van der Waals surface area contributed by atoms with Gasteiger partial charge in [-0.05, 0) is 33.3 Å². The van der Waals surface area contributed by atoms with Crippen LogP contribution < -0.4 is 5.32 Å². The van der Waals surface area contributed by atoms with Crippen LogP contribution in [0.1, 0.15) is 26.3 Å². The van der Waals surface area contributed by atoms with Crippen LogP contribution in [0, 0.1) is 6.92 Å². The highest BCUT2D eigenvalue weighted by atomic mass is 15.3. The highest BCUT2D eigenvalue weighted by Crippen LogP contribution is 1.96. The predicted octanol–water partition coefficient (Wildman–Crippen LogP) is 2.14. The highest BCUT2D eigenvalue weighted by molar-refractivity contribution is 4.99. The number of rotatable bonds is 5. The molecule has 84 valence electrons. The summed E-state index contributed by atoms with van der Waals surface area (Å²) in [7, 11) is 0. The van der Waals surface area contributed by atoms with Crippen molar-refractivity contribution in [1.82, 2.24) is 15.1 Å². The van der Waals surface area contributed by atoms with Crippen LogP contribution in [0.4, 0.5) is 0 Å². The Hall–Kier alpha value is -1.09. The van der Waals surface area contributed by atoms with E-state index in [0.717, 1.165) is 13.1 Å². The summed E-state index contributed by atoms with van der Waals surface area (Å²) in [5.41, 5.74) is 2.57. The van der Waals surface area contributed by atoms with Crippen LogP contribution in [0.5, 0.6) is 0 Å². The van der Waals surface area contributed by atoms with Gasteiger partial charge in [-0.2, -0.15) is 5.10 Å². The fourth-order valence-electron chi connectivity index (χ4n) is 1.38. The van der Waals surface area contributed by atoms with Gasteiger partial charge in [-0.3, -0.25) is 4.68 Å². The third-order valence-electron chi connectivity index (χ3n) is 2.20. The summed E-state index contributed by atoms with van der Waals surface area (Å²) in [6.07, 6.45) is 6.16. The number of hydrogen-bond donors (Lipinski definition) is 1. The van der Waals surface area contributed by atoms with E-state index in [2.05, 4.69) is 50.4 Å². The molecule has 1 heterocycles. The molecule has 0 aliphatic heterocycles. The minimum atomic E-state index is 0.444. The van der Waals surface area contributed by atoms with Gasteiger partial charge in [0.25, 0.3) is 0 Å². The van der Waals surface area contributed by atoms with E-state index in [1.807, 2.05) is 10.9 Å². The summed E-state index contributed by atoms with van der Waals surface area (Å²) in [5.74, 6) is 0. The van der Waals surface area contributed by atoms with E-state index in [-0.39, 0.29) is 0 Å². The fraction of sp³-hybridized carbons (Fsp3) is 0.583. The molecular formula is C12H21N3. The molecule has 0 saturated carbocycles. The maximum Gasteiger partial charge on any atom is 0.0560 e. The molecule has 1 aromatic rings. The Morgan fingerprint density at radius 1 is 1.60 bits per heavy atom. The van der Waals surface area contributed by atoms with Crippen molar-refractivity contribution < 1.29 is 0 Å². The number of allylic oxidation sites excluding steroid dienone is 1. The summed E-state index contributed by atoms with van der Waals surface area (Å²) < 4.78 is 1.98. The molecule has 0 fully saturated rings. The van der Waals surface area contributed by atoms with E-state index < -0.39 is 0 Å². The Labute approximate surface area is 92.2 Å². The van der Waals surface area contributed by atoms with Gasteiger partial charge in [0.2, 0.25) is 0 Å². The second-order valence-electron chi connectivity index (χ2n) is 4.33. The summed E-state index contributed by atoms with van der Waals surface area (Å²) in [4.78, 5) is 0. The van der Waals surface area contributed by atoms with Crippen LogP contribution in [0.3, 0.4) is 0 Å². The second kappa shape index (κ2) is 5.71. The molecule has 1 atom stereocenters. The van der Waals surface area contributed by atoms with Gasteiger partial charge in [-0.15, -0.1) is 0 Å². The average molecular weight is 207 g/mol. The molecule has 0 saturated heterocycles. The molecule has 0 aliphatic rings. The quantitative estimate of drug-likeness (QED) is 0.750. The summed E-state index contributed by atoms with van der Waals surface area (Å²) in [6.45, 7) is 10.3. The zero-order valence-corrected chi connectivity index (χ0v) is 10.1. The van der Waals surface area contributed by atoms with Crippen LogP contribution >= 0.6 is 0 Å². The zero-order valence-electron chi connectivity index (χ0n) is 10.1. The van der Waals surface area contributed by atoms with Gasteiger partial charge >= 0.3 is 0 Å². The lowest BCUT2D eigenvalue weighted by Crippen LogP contribution is -2.30. The van der Waals surface area contributed by atoms with Crippen LogP contribution in [0.2, 0.25) is 0 Å². The van der Waals surface area contributed by atoms with Gasteiger partial charge in [0.05, 0.1) is 12.7 Å². The maximum absolute atomic E-state index is 4.26. The molecule has 1 rings (SSSR count). The molecule has 3 nitrogen and oxygen atoms in total. The lowest BCUT2D eigenvalue weighted by molar-refractivity contribution is 0.468. The molecule has 15 heavy (non-hydrogen) atoms. The molecule has 0 amide bonds. The normalized spacial score (nSPS) is 12.5. The van der Waals surface area contributed by atoms with Crippen molar-refractivity contribution in [3.05, 3.63) is 29.6 Å². The third kappa shape index (κ3) is 4.79. The molecule has 0 bridgehead atoms. The Kier molecular flexibility index (Phi) is 4.56. The minimum absolute atomic E-state index is 0.444. The predicted molar refractivity (Wildman–Crippen MR) is 63.9 cm³/mol. The number of aromatic nitrogens is 2. The lowest BCUT2D eigenvalue weighted by Gasteiger charge is -2.12. The SMILES string of the molecule is CC(C)=CCN[C@H](C)Cn1cc(C)cn1. The molecule has 0 aliphatic carbocycles. The highest BCUT2D eigenvalue weighted by Gasteiger charge is 2.01. The van der Waals surface area contributed by atoms with Crippen molar-refractivity contribution in [3.8, 4) is 0 Å². The van der Waals surface area contributed by atoms with E-state index >= 15 is 0 Å². The third-order valence-corrected chi connectivity index (χ3v) is 2.20. The largest absolute Gasteiger partial charge is 0.309 e. The molecule has 0 radical (unpaired) electrons. The topological polar surface area (TPSA) is 29.9 Å². The smallest absolute Gasteiger partial charge is 0.0560 e. The number of aryl methyl sites for hydroxylation is 1. The van der Waals surface area contributed by atoms with Crippen molar-refractivity contribution in [1.29, 1.82) is 0 Å². The van der Waals surface area contributed by atoms with E-state index in [0.29, 0.717) is 6.04 Å². The van der Waals surface area contributed by atoms with Crippen LogP contribution in [-0.4, -0.2) is 22.4 Å². The number of hydrogen-bond acceptors (Lipinski definition) is 2. The molecule has 3 heteroatoms. The average Bonchev–Trinajstić information content (AvgIpc) is 2.50. The first kappa shape index (κ1) is 12.0. The summed E-state index contributed by atoms with van der Waals surface area (Å²) >= 11 is 0. The van der Waals surface area contributed by atoms with E-state index in [4.69, 9.17) is 0 Å². The van der Waals surface area contributed by atoms with Crippen molar-refractivity contribution in [2.24, 2.45) is 0 Å². The van der Waals surface area contributed by atoms with Crippen LogP contribution in [0.15, 0.2) is 24.0 Å². The van der Waals surface area contributed by atoms with Gasteiger partial charge in [0.1, 0.15) is 0 Å². The van der Waals surface area contributed by atoms with Gasteiger partial charge in [0, 0.05) is 18.8 Å². The summed E-state index contributed by atoms with van der Waals surface area (Å²) in [6, 6.07) is 0.444. The van der Waals surface area contributed by atoms with Gasteiger partial charge in [-0.1, -0.05) is 11.6 Å². The van der Waals surface area contributed by atoms with Crippen molar-refractivity contribution in [3.63, 3.8) is 0 Å². The molecule has 0 unspecified atom stereocenters. The first-order chi connectivity index (χ1) is 7.08. The first-order valence-electron chi connectivity index (χ1n) is 5.43.